The van der Waals surface area contributed by atoms with Crippen LogP contribution in [0.5, 0.6) is 5.75 Å². The summed E-state index contributed by atoms with van der Waals surface area (Å²) in [5.74, 6) is -0.385. The zero-order valence-corrected chi connectivity index (χ0v) is 11.9. The minimum atomic E-state index is -4.36. The number of carboxylic acid groups (broad SMARTS) is 1. The van der Waals surface area contributed by atoms with Crippen molar-refractivity contribution in [2.75, 3.05) is 12.8 Å². The zero-order chi connectivity index (χ0) is 15.0. The van der Waals surface area contributed by atoms with E-state index in [1.54, 1.807) is 12.1 Å². The fourth-order valence-electron chi connectivity index (χ4n) is 1.64. The van der Waals surface area contributed by atoms with Gasteiger partial charge in [0.15, 0.2) is 0 Å². The quantitative estimate of drug-likeness (QED) is 0.542. The summed E-state index contributed by atoms with van der Waals surface area (Å²) in [4.78, 5) is 31.4. The van der Waals surface area contributed by atoms with Crippen LogP contribution in [0.4, 0.5) is 0 Å². The van der Waals surface area contributed by atoms with Gasteiger partial charge in [-0.15, -0.1) is 0 Å². The van der Waals surface area contributed by atoms with Crippen molar-refractivity contribution in [2.45, 2.75) is 25.7 Å². The van der Waals surface area contributed by atoms with E-state index in [9.17, 15) is 19.1 Å². The summed E-state index contributed by atoms with van der Waals surface area (Å²) in [6.45, 7) is 0.471. The number of rotatable bonds is 9. The molecule has 0 atom stereocenters. The number of unbranched alkanes of at least 4 members (excludes halogenated alkanes) is 3. The SMILES string of the molecule is O=C(O)c1ccc(OCCCCCCP(=O)([O-])[O-])cc1. The van der Waals surface area contributed by atoms with Gasteiger partial charge in [0.25, 0.3) is 0 Å². The van der Waals surface area contributed by atoms with E-state index < -0.39 is 13.6 Å². The Morgan fingerprint density at radius 2 is 1.70 bits per heavy atom. The van der Waals surface area contributed by atoms with Gasteiger partial charge in [-0.3, -0.25) is 0 Å². The van der Waals surface area contributed by atoms with Crippen molar-refractivity contribution in [3.63, 3.8) is 0 Å². The van der Waals surface area contributed by atoms with E-state index >= 15 is 0 Å². The van der Waals surface area contributed by atoms with Crippen molar-refractivity contribution in [3.8, 4) is 5.75 Å². The molecule has 0 fully saturated rings. The molecule has 1 N–H and O–H groups in total. The van der Waals surface area contributed by atoms with Gasteiger partial charge < -0.3 is 24.2 Å². The predicted octanol–water partition coefficient (Wildman–Crippen LogP) is 1.24. The molecule has 0 unspecified atom stereocenters. The van der Waals surface area contributed by atoms with Gasteiger partial charge in [-0.1, -0.05) is 20.4 Å². The van der Waals surface area contributed by atoms with Gasteiger partial charge in [0.1, 0.15) is 5.75 Å². The molecule has 0 radical (unpaired) electrons. The zero-order valence-electron chi connectivity index (χ0n) is 11.0. The number of hydrogen-bond donors (Lipinski definition) is 1. The summed E-state index contributed by atoms with van der Waals surface area (Å²) >= 11 is 0. The van der Waals surface area contributed by atoms with Crippen LogP contribution in [0.2, 0.25) is 0 Å². The van der Waals surface area contributed by atoms with E-state index in [2.05, 4.69) is 0 Å². The number of ether oxygens (including phenoxy) is 1. The minimum absolute atomic E-state index is 0.206. The standard InChI is InChI=1S/C13H19O6P/c14-13(15)11-5-7-12(8-6-11)19-9-3-1-2-4-10-20(16,17)18/h5-8H,1-4,9-10H2,(H,14,15)(H2,16,17,18)/p-2. The van der Waals surface area contributed by atoms with Crippen molar-refractivity contribution in [1.82, 2.24) is 0 Å². The Bertz CT molecular complexity index is 464. The number of benzene rings is 1. The molecular weight excluding hydrogens is 283 g/mol. The molecule has 6 nitrogen and oxygen atoms in total. The maximum atomic E-state index is 10.6. The van der Waals surface area contributed by atoms with Crippen LogP contribution in [-0.2, 0) is 4.57 Å². The van der Waals surface area contributed by atoms with Crippen LogP contribution >= 0.6 is 7.60 Å². The molecule has 0 bridgehead atoms. The Morgan fingerprint density at radius 1 is 1.10 bits per heavy atom. The van der Waals surface area contributed by atoms with Crippen molar-refractivity contribution < 1.29 is 29.0 Å². The normalized spacial score (nSPS) is 11.3. The number of carbonyl (C=O) groups is 1. The third-order valence-electron chi connectivity index (χ3n) is 2.70. The minimum Gasteiger partial charge on any atom is -0.811 e. The van der Waals surface area contributed by atoms with Crippen molar-refractivity contribution in [2.24, 2.45) is 0 Å². The largest absolute Gasteiger partial charge is 0.811 e. The Labute approximate surface area is 117 Å². The van der Waals surface area contributed by atoms with E-state index in [4.69, 9.17) is 9.84 Å². The maximum absolute atomic E-state index is 10.6. The lowest BCUT2D eigenvalue weighted by Gasteiger charge is -2.29. The van der Waals surface area contributed by atoms with Crippen LogP contribution in [0.1, 0.15) is 36.0 Å². The summed E-state index contributed by atoms with van der Waals surface area (Å²) in [5, 5.41) is 8.72. The second kappa shape index (κ2) is 8.04. The van der Waals surface area contributed by atoms with Crippen LogP contribution < -0.4 is 14.5 Å². The summed E-state index contributed by atoms with van der Waals surface area (Å²) in [5.41, 5.74) is 0.206. The molecule has 0 saturated heterocycles. The molecule has 0 saturated carbocycles. The molecule has 1 aromatic carbocycles. The molecule has 0 aliphatic rings. The first kappa shape index (κ1) is 16.7. The van der Waals surface area contributed by atoms with Gasteiger partial charge in [-0.25, -0.2) is 4.79 Å². The molecule has 112 valence electrons. The number of hydrogen-bond acceptors (Lipinski definition) is 5. The molecule has 1 aromatic rings. The molecule has 0 heterocycles. The third kappa shape index (κ3) is 7.28. The molecule has 0 aliphatic heterocycles. The highest BCUT2D eigenvalue weighted by Crippen LogP contribution is 2.24. The molecule has 7 heteroatoms. The molecule has 0 aliphatic carbocycles. The average Bonchev–Trinajstić information content (AvgIpc) is 2.37. The van der Waals surface area contributed by atoms with Crippen LogP contribution in [-0.4, -0.2) is 23.8 Å². The first-order valence-corrected chi connectivity index (χ1v) is 8.08. The lowest BCUT2D eigenvalue weighted by atomic mass is 10.2. The molecule has 1 rings (SSSR count). The molecule has 0 amide bonds. The van der Waals surface area contributed by atoms with Crippen LogP contribution in [0, 0.1) is 0 Å². The first-order valence-electron chi connectivity index (χ1n) is 6.36. The van der Waals surface area contributed by atoms with Gasteiger partial charge in [0.05, 0.1) is 12.2 Å². The third-order valence-corrected chi connectivity index (χ3v) is 3.56. The van der Waals surface area contributed by atoms with Crippen molar-refractivity contribution in [3.05, 3.63) is 29.8 Å². The second-order valence-electron chi connectivity index (χ2n) is 4.43. The topological polar surface area (TPSA) is 110 Å². The lowest BCUT2D eigenvalue weighted by molar-refractivity contribution is -0.313. The summed E-state index contributed by atoms with van der Waals surface area (Å²) in [7, 11) is -4.36. The summed E-state index contributed by atoms with van der Waals surface area (Å²) < 4.78 is 15.8. The van der Waals surface area contributed by atoms with Gasteiger partial charge in [0, 0.05) is 0 Å². The second-order valence-corrected chi connectivity index (χ2v) is 6.10. The first-order chi connectivity index (χ1) is 9.38. The van der Waals surface area contributed by atoms with Crippen molar-refractivity contribution >= 4 is 13.6 Å². The van der Waals surface area contributed by atoms with E-state index in [-0.39, 0.29) is 11.7 Å². The molecule has 20 heavy (non-hydrogen) atoms. The number of aromatic carboxylic acids is 1. The van der Waals surface area contributed by atoms with Crippen molar-refractivity contribution in [1.29, 1.82) is 0 Å². The highest BCUT2D eigenvalue weighted by molar-refractivity contribution is 7.48. The fraction of sp³-hybridized carbons (Fsp3) is 0.462. The smallest absolute Gasteiger partial charge is 0.335 e. The van der Waals surface area contributed by atoms with Crippen LogP contribution in [0.15, 0.2) is 24.3 Å². The Hall–Kier alpha value is -1.36. The lowest BCUT2D eigenvalue weighted by Crippen LogP contribution is -2.16. The van der Waals surface area contributed by atoms with Gasteiger partial charge >= 0.3 is 5.97 Å². The fourth-order valence-corrected chi connectivity index (χ4v) is 2.26. The predicted molar refractivity (Wildman–Crippen MR) is 69.8 cm³/mol. The van der Waals surface area contributed by atoms with Gasteiger partial charge in [-0.2, -0.15) is 0 Å². The summed E-state index contributed by atoms with van der Waals surface area (Å²) in [6, 6.07) is 6.12. The molecule has 0 aromatic heterocycles. The van der Waals surface area contributed by atoms with E-state index in [0.717, 1.165) is 12.8 Å². The van der Waals surface area contributed by atoms with Crippen LogP contribution in [0.25, 0.3) is 0 Å². The van der Waals surface area contributed by atoms with E-state index in [1.807, 2.05) is 0 Å². The Kier molecular flexibility index (Phi) is 6.71. The van der Waals surface area contributed by atoms with E-state index in [0.29, 0.717) is 25.2 Å². The van der Waals surface area contributed by atoms with Gasteiger partial charge in [0.2, 0.25) is 0 Å². The maximum Gasteiger partial charge on any atom is 0.335 e. The Morgan fingerprint density at radius 3 is 2.25 bits per heavy atom. The Balaban J connectivity index is 2.12. The highest BCUT2D eigenvalue weighted by Gasteiger charge is 2.01. The van der Waals surface area contributed by atoms with Crippen LogP contribution in [0.3, 0.4) is 0 Å². The van der Waals surface area contributed by atoms with Gasteiger partial charge in [-0.05, 0) is 43.3 Å². The van der Waals surface area contributed by atoms with E-state index in [1.165, 1.54) is 12.1 Å². The summed E-state index contributed by atoms with van der Waals surface area (Å²) in [6.07, 6.45) is 2.31. The number of carboxylic acids is 1. The highest BCUT2D eigenvalue weighted by atomic mass is 31.2. The molecule has 0 spiro atoms. The average molecular weight is 300 g/mol. The monoisotopic (exact) mass is 300 g/mol. The molecular formula is C13H17O6P-2.